The average molecular weight is 187 g/mol. The number of rotatable bonds is 2. The first-order valence-electron chi connectivity index (χ1n) is 4.06. The fourth-order valence-corrected chi connectivity index (χ4v) is 1.08. The van der Waals surface area contributed by atoms with E-state index in [1.54, 1.807) is 18.2 Å². The van der Waals surface area contributed by atoms with Crippen molar-refractivity contribution in [2.75, 3.05) is 0 Å². The number of carbonyl (C=O) groups excluding carboxylic acids is 1. The fraction of sp³-hybridized carbons (Fsp3) is 0.100. The fourth-order valence-electron chi connectivity index (χ4n) is 1.08. The number of azide groups is 1. The molecule has 1 rings (SSSR count). The van der Waals surface area contributed by atoms with Gasteiger partial charge in [0.15, 0.2) is 0 Å². The molecule has 0 N–H and O–H groups in total. The molecule has 4 nitrogen and oxygen atoms in total. The third kappa shape index (κ3) is 2.47. The largest absolute Gasteiger partial charge is 0.287 e. The minimum atomic E-state index is -0.535. The highest BCUT2D eigenvalue weighted by atomic mass is 16.1. The molecule has 70 valence electrons. The van der Waals surface area contributed by atoms with Crippen molar-refractivity contribution < 1.29 is 4.79 Å². The molecule has 0 saturated heterocycles. The van der Waals surface area contributed by atoms with Gasteiger partial charge in [-0.25, -0.2) is 0 Å². The first-order valence-corrected chi connectivity index (χ1v) is 4.06. The van der Waals surface area contributed by atoms with Crippen molar-refractivity contribution in [1.82, 2.24) is 0 Å². The zero-order valence-corrected chi connectivity index (χ0v) is 7.55. The second-order valence-electron chi connectivity index (χ2n) is 2.69. The predicted molar refractivity (Wildman–Crippen MR) is 54.3 cm³/mol. The van der Waals surface area contributed by atoms with Crippen LogP contribution in [0.15, 0.2) is 53.2 Å². The van der Waals surface area contributed by atoms with Gasteiger partial charge in [-0.3, -0.25) is 4.79 Å². The van der Waals surface area contributed by atoms with Gasteiger partial charge in [-0.2, -0.15) is 0 Å². The normalized spacial score (nSPS) is 14.6. The standard InChI is InChI=1S/C10H9N3O/c1-2-8-5-3-4-6-9(7-8)10(14)12-13-11/h2-6H,1,7H2. The Labute approximate surface area is 81.6 Å². The summed E-state index contributed by atoms with van der Waals surface area (Å²) in [5.41, 5.74) is 9.52. The SMILES string of the molecule is C=CC1=CC=CC=C(C(=O)N=[N+]=[N-])C1. The molecule has 0 aromatic carbocycles. The van der Waals surface area contributed by atoms with E-state index in [-0.39, 0.29) is 0 Å². The molecule has 0 radical (unpaired) electrons. The number of hydrogen-bond acceptors (Lipinski definition) is 1. The van der Waals surface area contributed by atoms with Crippen LogP contribution in [0, 0.1) is 0 Å². The van der Waals surface area contributed by atoms with Crippen molar-refractivity contribution in [2.45, 2.75) is 6.42 Å². The van der Waals surface area contributed by atoms with Gasteiger partial charge in [0.05, 0.1) is 0 Å². The number of hydrogen-bond donors (Lipinski definition) is 0. The lowest BCUT2D eigenvalue weighted by atomic mass is 10.1. The minimum absolute atomic E-state index is 0.453. The van der Waals surface area contributed by atoms with E-state index in [1.807, 2.05) is 12.2 Å². The van der Waals surface area contributed by atoms with Crippen molar-refractivity contribution in [1.29, 1.82) is 0 Å². The zero-order valence-electron chi connectivity index (χ0n) is 7.55. The van der Waals surface area contributed by atoms with Gasteiger partial charge in [-0.1, -0.05) is 37.0 Å². The molecule has 14 heavy (non-hydrogen) atoms. The molecule has 0 aliphatic heterocycles. The molecule has 0 heterocycles. The number of carbonyl (C=O) groups is 1. The second kappa shape index (κ2) is 4.84. The van der Waals surface area contributed by atoms with Crippen LogP contribution in [0.3, 0.4) is 0 Å². The lowest BCUT2D eigenvalue weighted by Gasteiger charge is -2.00. The molecule has 0 aromatic heterocycles. The molecule has 0 saturated carbocycles. The summed E-state index contributed by atoms with van der Waals surface area (Å²) in [5.74, 6) is -0.535. The average Bonchev–Trinajstić information content (AvgIpc) is 2.43. The van der Waals surface area contributed by atoms with Crippen molar-refractivity contribution in [3.63, 3.8) is 0 Å². The Morgan fingerprint density at radius 1 is 1.57 bits per heavy atom. The molecule has 0 atom stereocenters. The summed E-state index contributed by atoms with van der Waals surface area (Å²) in [6.45, 7) is 3.62. The molecule has 0 spiro atoms. The van der Waals surface area contributed by atoms with Gasteiger partial charge in [0, 0.05) is 16.9 Å². The molecule has 1 aliphatic rings. The quantitative estimate of drug-likeness (QED) is 0.372. The van der Waals surface area contributed by atoms with E-state index in [9.17, 15) is 4.79 Å². The van der Waals surface area contributed by atoms with Crippen LogP contribution in [0.4, 0.5) is 0 Å². The van der Waals surface area contributed by atoms with Gasteiger partial charge in [0.25, 0.3) is 0 Å². The van der Waals surface area contributed by atoms with Crippen LogP contribution in [-0.2, 0) is 4.79 Å². The Hall–Kier alpha value is -2.06. The van der Waals surface area contributed by atoms with E-state index >= 15 is 0 Å². The van der Waals surface area contributed by atoms with Crippen LogP contribution in [0.5, 0.6) is 0 Å². The van der Waals surface area contributed by atoms with Gasteiger partial charge in [-0.05, 0) is 16.2 Å². The Morgan fingerprint density at radius 2 is 2.29 bits per heavy atom. The first kappa shape index (κ1) is 10.0. The molecule has 0 unspecified atom stereocenters. The second-order valence-corrected chi connectivity index (χ2v) is 2.69. The lowest BCUT2D eigenvalue weighted by molar-refractivity contribution is -0.114. The lowest BCUT2D eigenvalue weighted by Crippen LogP contribution is -1.97. The van der Waals surface area contributed by atoms with Crippen LogP contribution in [-0.4, -0.2) is 5.91 Å². The van der Waals surface area contributed by atoms with Crippen LogP contribution in [0.2, 0.25) is 0 Å². The maximum Gasteiger partial charge on any atom is 0.245 e. The third-order valence-corrected chi connectivity index (χ3v) is 1.79. The van der Waals surface area contributed by atoms with E-state index in [0.717, 1.165) is 5.57 Å². The molecule has 1 aliphatic carbocycles. The maximum absolute atomic E-state index is 11.2. The van der Waals surface area contributed by atoms with Crippen molar-refractivity contribution in [3.8, 4) is 0 Å². The molecule has 4 heteroatoms. The topological polar surface area (TPSA) is 65.8 Å². The number of amides is 1. The summed E-state index contributed by atoms with van der Waals surface area (Å²) < 4.78 is 0. The summed E-state index contributed by atoms with van der Waals surface area (Å²) in [6.07, 6.45) is 9.18. The van der Waals surface area contributed by atoms with Crippen molar-refractivity contribution >= 4 is 5.91 Å². The summed E-state index contributed by atoms with van der Waals surface area (Å²) in [6, 6.07) is 0. The highest BCUT2D eigenvalue weighted by Crippen LogP contribution is 2.16. The monoisotopic (exact) mass is 187 g/mol. The van der Waals surface area contributed by atoms with E-state index in [4.69, 9.17) is 5.53 Å². The maximum atomic E-state index is 11.2. The molecule has 0 bridgehead atoms. The van der Waals surface area contributed by atoms with Crippen molar-refractivity contribution in [2.24, 2.45) is 5.11 Å². The van der Waals surface area contributed by atoms with Gasteiger partial charge >= 0.3 is 0 Å². The van der Waals surface area contributed by atoms with Crippen LogP contribution >= 0.6 is 0 Å². The smallest absolute Gasteiger partial charge is 0.245 e. The highest BCUT2D eigenvalue weighted by molar-refractivity contribution is 5.95. The highest BCUT2D eigenvalue weighted by Gasteiger charge is 2.08. The van der Waals surface area contributed by atoms with Gasteiger partial charge in [0.2, 0.25) is 5.91 Å². The molecule has 0 aromatic rings. The molecule has 1 amide bonds. The van der Waals surface area contributed by atoms with Crippen LogP contribution in [0.1, 0.15) is 6.42 Å². The Bertz CT molecular complexity index is 396. The summed E-state index contributed by atoms with van der Waals surface area (Å²) in [4.78, 5) is 13.7. The Morgan fingerprint density at radius 3 is 2.93 bits per heavy atom. The van der Waals surface area contributed by atoms with Crippen LogP contribution in [0.25, 0.3) is 10.4 Å². The van der Waals surface area contributed by atoms with Gasteiger partial charge in [0.1, 0.15) is 0 Å². The van der Waals surface area contributed by atoms with E-state index in [1.165, 1.54) is 0 Å². The summed E-state index contributed by atoms with van der Waals surface area (Å²) in [7, 11) is 0. The molecule has 0 fully saturated rings. The first-order chi connectivity index (χ1) is 6.77. The summed E-state index contributed by atoms with van der Waals surface area (Å²) >= 11 is 0. The van der Waals surface area contributed by atoms with Crippen molar-refractivity contribution in [3.05, 3.63) is 58.5 Å². The Kier molecular flexibility index (Phi) is 3.47. The Balaban J connectivity index is 2.92. The summed E-state index contributed by atoms with van der Waals surface area (Å²) in [5, 5.41) is 3.04. The van der Waals surface area contributed by atoms with E-state index in [0.29, 0.717) is 12.0 Å². The molecular formula is C10H9N3O. The van der Waals surface area contributed by atoms with Crippen LogP contribution < -0.4 is 0 Å². The number of allylic oxidation sites excluding steroid dienone is 6. The number of nitrogens with zero attached hydrogens (tertiary/aromatic N) is 3. The van der Waals surface area contributed by atoms with E-state index < -0.39 is 5.91 Å². The zero-order chi connectivity index (χ0) is 10.4. The van der Waals surface area contributed by atoms with Gasteiger partial charge < -0.3 is 0 Å². The van der Waals surface area contributed by atoms with Gasteiger partial charge in [-0.15, -0.1) is 0 Å². The predicted octanol–water partition coefficient (Wildman–Crippen LogP) is 2.82. The molecular weight excluding hydrogens is 178 g/mol. The third-order valence-electron chi connectivity index (χ3n) is 1.79. The minimum Gasteiger partial charge on any atom is -0.287 e. The van der Waals surface area contributed by atoms with E-state index in [2.05, 4.69) is 16.6 Å².